The van der Waals surface area contributed by atoms with Gasteiger partial charge in [-0.25, -0.2) is 0 Å². The average Bonchev–Trinajstić information content (AvgIpc) is 2.48. The molecule has 132 valence electrons. The van der Waals surface area contributed by atoms with Gasteiger partial charge >= 0.3 is 0 Å². The molecule has 23 heavy (non-hydrogen) atoms. The van der Waals surface area contributed by atoms with Crippen molar-refractivity contribution in [2.75, 3.05) is 26.3 Å². The van der Waals surface area contributed by atoms with Gasteiger partial charge in [-0.2, -0.15) is 0 Å². The van der Waals surface area contributed by atoms with E-state index in [9.17, 15) is 14.4 Å². The van der Waals surface area contributed by atoms with E-state index in [1.807, 2.05) is 13.8 Å². The highest BCUT2D eigenvalue weighted by Crippen LogP contribution is 2.09. The van der Waals surface area contributed by atoms with Gasteiger partial charge in [-0.05, 0) is 26.3 Å². The maximum atomic E-state index is 11.5. The Hall–Kier alpha value is -1.93. The van der Waals surface area contributed by atoms with Crippen molar-refractivity contribution in [1.29, 1.82) is 0 Å². The lowest BCUT2D eigenvalue weighted by atomic mass is 9.98. The lowest BCUT2D eigenvalue weighted by Crippen LogP contribution is -2.43. The van der Waals surface area contributed by atoms with Crippen LogP contribution in [0, 0.1) is 0 Å². The number of nitrogens with one attached hydrogen (secondary N) is 4. The van der Waals surface area contributed by atoms with E-state index in [-0.39, 0.29) is 29.9 Å². The molecule has 0 atom stereocenters. The van der Waals surface area contributed by atoms with E-state index in [1.54, 1.807) is 0 Å². The summed E-state index contributed by atoms with van der Waals surface area (Å²) >= 11 is 0. The molecule has 0 aromatic carbocycles. The van der Waals surface area contributed by atoms with Crippen LogP contribution in [0.1, 0.15) is 33.1 Å². The third-order valence-electron chi connectivity index (χ3n) is 3.16. The van der Waals surface area contributed by atoms with Gasteiger partial charge in [0.1, 0.15) is 0 Å². The van der Waals surface area contributed by atoms with Crippen LogP contribution in [-0.4, -0.2) is 49.6 Å². The molecule has 0 aliphatic heterocycles. The van der Waals surface area contributed by atoms with Crippen LogP contribution in [0.3, 0.4) is 0 Å². The van der Waals surface area contributed by atoms with Gasteiger partial charge in [0.05, 0.1) is 6.67 Å². The van der Waals surface area contributed by atoms with E-state index < -0.39 is 0 Å². The molecule has 8 nitrogen and oxygen atoms in total. The summed E-state index contributed by atoms with van der Waals surface area (Å²) in [5.41, 5.74) is 4.98. The fourth-order valence-corrected chi connectivity index (χ4v) is 1.73. The molecule has 0 saturated heterocycles. The lowest BCUT2D eigenvalue weighted by molar-refractivity contribution is -0.121. The predicted molar refractivity (Wildman–Crippen MR) is 89.3 cm³/mol. The number of hydrogen-bond donors (Lipinski definition) is 5. The Morgan fingerprint density at radius 3 is 2.39 bits per heavy atom. The largest absolute Gasteiger partial charge is 0.370 e. The predicted octanol–water partition coefficient (Wildman–Crippen LogP) is -1.02. The van der Waals surface area contributed by atoms with Crippen molar-refractivity contribution in [3.8, 4) is 0 Å². The topological polar surface area (TPSA) is 125 Å². The first kappa shape index (κ1) is 21.1. The number of carbonyl (C=O) groups excluding carboxylic acids is 3. The summed E-state index contributed by atoms with van der Waals surface area (Å²) in [6.45, 7) is 9.42. The van der Waals surface area contributed by atoms with E-state index in [4.69, 9.17) is 5.73 Å². The molecular weight excluding hydrogens is 298 g/mol. The van der Waals surface area contributed by atoms with E-state index in [1.165, 1.54) is 0 Å². The van der Waals surface area contributed by atoms with Crippen molar-refractivity contribution in [2.45, 2.75) is 38.6 Å². The fourth-order valence-electron chi connectivity index (χ4n) is 1.73. The highest BCUT2D eigenvalue weighted by atomic mass is 16.2. The Kier molecular flexibility index (Phi) is 10.6. The summed E-state index contributed by atoms with van der Waals surface area (Å²) in [4.78, 5) is 33.1. The Bertz CT molecular complexity index is 410. The number of rotatable bonds is 13. The van der Waals surface area contributed by atoms with E-state index in [2.05, 4.69) is 27.8 Å². The highest BCUT2D eigenvalue weighted by molar-refractivity contribution is 5.87. The molecule has 0 radical (unpaired) electrons. The third kappa shape index (κ3) is 13.5. The van der Waals surface area contributed by atoms with Gasteiger partial charge in [0.2, 0.25) is 17.7 Å². The first-order valence-electron chi connectivity index (χ1n) is 7.68. The minimum Gasteiger partial charge on any atom is -0.370 e. The van der Waals surface area contributed by atoms with Crippen molar-refractivity contribution in [3.63, 3.8) is 0 Å². The van der Waals surface area contributed by atoms with Crippen molar-refractivity contribution in [1.82, 2.24) is 21.3 Å². The Balaban J connectivity index is 3.57. The molecule has 0 aliphatic rings. The Labute approximate surface area is 137 Å². The zero-order valence-corrected chi connectivity index (χ0v) is 14.0. The molecule has 3 amide bonds. The van der Waals surface area contributed by atoms with Gasteiger partial charge in [0.25, 0.3) is 0 Å². The van der Waals surface area contributed by atoms with E-state index in [0.717, 1.165) is 12.6 Å². The molecule has 0 unspecified atom stereocenters. The summed E-state index contributed by atoms with van der Waals surface area (Å²) in [7, 11) is 0. The molecule has 0 aromatic heterocycles. The lowest BCUT2D eigenvalue weighted by Gasteiger charge is -2.26. The van der Waals surface area contributed by atoms with E-state index >= 15 is 0 Å². The molecule has 6 N–H and O–H groups in total. The zero-order valence-electron chi connectivity index (χ0n) is 14.0. The molecular formula is C15H29N5O3. The van der Waals surface area contributed by atoms with Crippen LogP contribution in [0.5, 0.6) is 0 Å². The van der Waals surface area contributed by atoms with Crippen LogP contribution in [0.4, 0.5) is 0 Å². The maximum absolute atomic E-state index is 11.5. The minimum atomic E-state index is -0.326. The van der Waals surface area contributed by atoms with E-state index in [0.29, 0.717) is 32.4 Å². The van der Waals surface area contributed by atoms with Gasteiger partial charge in [-0.1, -0.05) is 6.58 Å². The number of carbonyl (C=O) groups is 3. The number of hydrogen-bond acceptors (Lipinski definition) is 5. The average molecular weight is 327 g/mol. The summed E-state index contributed by atoms with van der Waals surface area (Å²) in [5, 5.41) is 11.5. The van der Waals surface area contributed by atoms with Crippen molar-refractivity contribution in [3.05, 3.63) is 12.7 Å². The Morgan fingerprint density at radius 2 is 1.78 bits per heavy atom. The quantitative estimate of drug-likeness (QED) is 0.168. The molecule has 0 spiro atoms. The minimum absolute atomic E-state index is 0.0965. The van der Waals surface area contributed by atoms with Crippen molar-refractivity contribution >= 4 is 17.7 Å². The van der Waals surface area contributed by atoms with Gasteiger partial charge in [-0.3, -0.25) is 14.4 Å². The molecule has 0 aromatic rings. The molecule has 0 heterocycles. The third-order valence-corrected chi connectivity index (χ3v) is 3.16. The fraction of sp³-hybridized carbons (Fsp3) is 0.667. The number of nitrogens with two attached hydrogens (primary N) is 1. The molecule has 0 fully saturated rings. The SMILES string of the molecule is C=CC(=O)NCNC(=O)CCNCCNC(C)(C)CCC(N)=O. The van der Waals surface area contributed by atoms with Crippen LogP contribution in [0.15, 0.2) is 12.7 Å². The standard InChI is InChI=1S/C15H29N5O3/c1-4-13(22)18-11-19-14(23)6-8-17-9-10-20-15(2,3)7-5-12(16)21/h4,17,20H,1,5-11H2,2-3H3,(H2,16,21)(H,18,22)(H,19,23). The van der Waals surface area contributed by atoms with Crippen LogP contribution in [0.2, 0.25) is 0 Å². The monoisotopic (exact) mass is 327 g/mol. The smallest absolute Gasteiger partial charge is 0.244 e. The van der Waals surface area contributed by atoms with Crippen LogP contribution < -0.4 is 27.0 Å². The van der Waals surface area contributed by atoms with Gasteiger partial charge in [0.15, 0.2) is 0 Å². The van der Waals surface area contributed by atoms with Crippen LogP contribution in [-0.2, 0) is 14.4 Å². The second-order valence-electron chi connectivity index (χ2n) is 5.80. The molecule has 0 saturated carbocycles. The molecule has 8 heteroatoms. The summed E-state index contributed by atoms with van der Waals surface area (Å²) in [6, 6.07) is 0. The summed E-state index contributed by atoms with van der Waals surface area (Å²) < 4.78 is 0. The summed E-state index contributed by atoms with van der Waals surface area (Å²) in [6.07, 6.45) is 2.51. The number of amides is 3. The first-order valence-corrected chi connectivity index (χ1v) is 7.68. The molecule has 0 rings (SSSR count). The van der Waals surface area contributed by atoms with Gasteiger partial charge in [-0.15, -0.1) is 0 Å². The first-order chi connectivity index (χ1) is 10.8. The highest BCUT2D eigenvalue weighted by Gasteiger charge is 2.17. The van der Waals surface area contributed by atoms with Gasteiger partial charge in [0, 0.05) is 38.0 Å². The van der Waals surface area contributed by atoms with Crippen LogP contribution in [0.25, 0.3) is 0 Å². The zero-order chi connectivity index (χ0) is 17.7. The normalized spacial score (nSPS) is 10.9. The summed E-state index contributed by atoms with van der Waals surface area (Å²) in [5.74, 6) is -0.765. The second kappa shape index (κ2) is 11.6. The maximum Gasteiger partial charge on any atom is 0.244 e. The van der Waals surface area contributed by atoms with Gasteiger partial charge < -0.3 is 27.0 Å². The molecule has 0 bridgehead atoms. The van der Waals surface area contributed by atoms with Crippen LogP contribution >= 0.6 is 0 Å². The second-order valence-corrected chi connectivity index (χ2v) is 5.80. The molecule has 0 aliphatic carbocycles. The Morgan fingerprint density at radius 1 is 1.09 bits per heavy atom. The van der Waals surface area contributed by atoms with Crippen molar-refractivity contribution < 1.29 is 14.4 Å². The number of primary amides is 1. The van der Waals surface area contributed by atoms with Crippen molar-refractivity contribution in [2.24, 2.45) is 5.73 Å².